The lowest BCUT2D eigenvalue weighted by molar-refractivity contribution is -0.142. The number of nitrogens with zero attached hydrogens (tertiary/aromatic N) is 1. The van der Waals surface area contributed by atoms with Gasteiger partial charge in [0.2, 0.25) is 5.78 Å². The third-order valence-corrected chi connectivity index (χ3v) is 3.49. The van der Waals surface area contributed by atoms with Crippen molar-refractivity contribution in [2.24, 2.45) is 0 Å². The monoisotopic (exact) mass is 325 g/mol. The number of H-pyrrole nitrogens is 2. The maximum atomic E-state index is 11.9. The second kappa shape index (κ2) is 6.91. The number of aromatic amines is 2. The van der Waals surface area contributed by atoms with Gasteiger partial charge >= 0.3 is 5.97 Å². The molecular formula is C17H15N3O4. The number of carbonyl (C=O) groups is 2. The normalized spacial score (nSPS) is 10.7. The summed E-state index contributed by atoms with van der Waals surface area (Å²) < 4.78 is 4.94. The van der Waals surface area contributed by atoms with Gasteiger partial charge in [0.25, 0.3) is 5.56 Å². The second-order valence-electron chi connectivity index (χ2n) is 5.20. The number of ketones is 1. The zero-order valence-electron chi connectivity index (χ0n) is 12.7. The summed E-state index contributed by atoms with van der Waals surface area (Å²) in [5.74, 6) is -0.414. The number of hydrogen-bond acceptors (Lipinski definition) is 5. The van der Waals surface area contributed by atoms with E-state index in [2.05, 4.69) is 15.0 Å². The molecule has 3 rings (SSSR count). The van der Waals surface area contributed by atoms with Gasteiger partial charge in [-0.2, -0.15) is 0 Å². The minimum atomic E-state index is -0.522. The lowest BCUT2D eigenvalue weighted by Crippen LogP contribution is -2.16. The fourth-order valence-electron chi connectivity index (χ4n) is 2.27. The summed E-state index contributed by atoms with van der Waals surface area (Å²) in [6, 6.07) is 10.3. The lowest BCUT2D eigenvalue weighted by atomic mass is 10.2. The van der Waals surface area contributed by atoms with Crippen LogP contribution in [0, 0.1) is 0 Å². The second-order valence-corrected chi connectivity index (χ2v) is 5.20. The van der Waals surface area contributed by atoms with Gasteiger partial charge < -0.3 is 14.7 Å². The van der Waals surface area contributed by atoms with E-state index in [1.165, 1.54) is 0 Å². The first-order valence-corrected chi connectivity index (χ1v) is 7.43. The average molecular weight is 325 g/mol. The third-order valence-electron chi connectivity index (χ3n) is 3.49. The molecule has 0 saturated heterocycles. The Morgan fingerprint density at radius 3 is 2.75 bits per heavy atom. The number of carbonyl (C=O) groups excluding carboxylic acids is 2. The van der Waals surface area contributed by atoms with Gasteiger partial charge in [0, 0.05) is 12.6 Å². The first kappa shape index (κ1) is 15.7. The van der Waals surface area contributed by atoms with Gasteiger partial charge in [0.1, 0.15) is 5.82 Å². The molecule has 0 atom stereocenters. The predicted octanol–water partition coefficient (Wildman–Crippen LogP) is 1.61. The number of fused-ring (bicyclic) bond motifs is 1. The van der Waals surface area contributed by atoms with E-state index in [0.29, 0.717) is 22.4 Å². The van der Waals surface area contributed by atoms with Crippen LogP contribution in [-0.4, -0.2) is 33.3 Å². The van der Waals surface area contributed by atoms with Crippen LogP contribution in [0.1, 0.15) is 22.7 Å². The summed E-state index contributed by atoms with van der Waals surface area (Å²) in [5, 5.41) is 0.500. The molecule has 7 heteroatoms. The van der Waals surface area contributed by atoms with Crippen molar-refractivity contribution in [1.82, 2.24) is 15.0 Å². The standard InChI is InChI=1S/C17H15N3O4/c21-14(13-6-3-9-18-13)10-24-16(22)8-7-15-19-12-5-2-1-4-11(12)17(23)20-15/h1-6,9,18H,7-8,10H2,(H,19,20,23). The van der Waals surface area contributed by atoms with Crippen molar-refractivity contribution < 1.29 is 14.3 Å². The first-order chi connectivity index (χ1) is 11.6. The van der Waals surface area contributed by atoms with Crippen LogP contribution in [-0.2, 0) is 16.0 Å². The van der Waals surface area contributed by atoms with E-state index in [1.54, 1.807) is 42.6 Å². The van der Waals surface area contributed by atoms with Crippen LogP contribution in [0.5, 0.6) is 0 Å². The van der Waals surface area contributed by atoms with Crippen LogP contribution in [0.25, 0.3) is 10.9 Å². The first-order valence-electron chi connectivity index (χ1n) is 7.43. The van der Waals surface area contributed by atoms with Gasteiger partial charge in [-0.15, -0.1) is 0 Å². The average Bonchev–Trinajstić information content (AvgIpc) is 3.12. The smallest absolute Gasteiger partial charge is 0.306 e. The number of para-hydroxylation sites is 1. The largest absolute Gasteiger partial charge is 0.457 e. The molecule has 0 unspecified atom stereocenters. The highest BCUT2D eigenvalue weighted by atomic mass is 16.5. The Morgan fingerprint density at radius 2 is 1.96 bits per heavy atom. The molecule has 0 aliphatic carbocycles. The summed E-state index contributed by atoms with van der Waals surface area (Å²) in [6.45, 7) is -0.318. The van der Waals surface area contributed by atoms with Gasteiger partial charge in [0.15, 0.2) is 6.61 Å². The fourth-order valence-corrected chi connectivity index (χ4v) is 2.27. The Morgan fingerprint density at radius 1 is 1.12 bits per heavy atom. The van der Waals surface area contributed by atoms with E-state index in [-0.39, 0.29) is 30.8 Å². The fraction of sp³-hybridized carbons (Fsp3) is 0.176. The Kier molecular flexibility index (Phi) is 4.51. The van der Waals surface area contributed by atoms with E-state index in [1.807, 2.05) is 0 Å². The minimum absolute atomic E-state index is 0.0271. The molecule has 0 aliphatic rings. The molecule has 0 radical (unpaired) electrons. The molecule has 0 amide bonds. The molecule has 0 spiro atoms. The van der Waals surface area contributed by atoms with Gasteiger partial charge in [-0.25, -0.2) is 4.98 Å². The number of Topliss-reactive ketones (excluding diaryl/α,β-unsaturated/α-hetero) is 1. The number of esters is 1. The highest BCUT2D eigenvalue weighted by Gasteiger charge is 2.11. The number of nitrogens with one attached hydrogen (secondary N) is 2. The zero-order valence-corrected chi connectivity index (χ0v) is 12.7. The van der Waals surface area contributed by atoms with Gasteiger partial charge in [-0.1, -0.05) is 12.1 Å². The highest BCUT2D eigenvalue weighted by molar-refractivity contribution is 5.96. The van der Waals surface area contributed by atoms with E-state index in [0.717, 1.165) is 0 Å². The van der Waals surface area contributed by atoms with Crippen molar-refractivity contribution in [3.8, 4) is 0 Å². The van der Waals surface area contributed by atoms with E-state index >= 15 is 0 Å². The molecule has 1 aromatic carbocycles. The summed E-state index contributed by atoms with van der Waals surface area (Å²) in [4.78, 5) is 45.1. The van der Waals surface area contributed by atoms with Crippen molar-refractivity contribution >= 4 is 22.7 Å². The van der Waals surface area contributed by atoms with Crippen molar-refractivity contribution in [3.05, 3.63) is 64.5 Å². The van der Waals surface area contributed by atoms with Gasteiger partial charge in [-0.05, 0) is 24.3 Å². The number of aryl methyl sites for hydroxylation is 1. The van der Waals surface area contributed by atoms with Gasteiger partial charge in [0.05, 0.1) is 23.0 Å². The molecular weight excluding hydrogens is 310 g/mol. The summed E-state index contributed by atoms with van der Waals surface area (Å²) in [5.41, 5.74) is 0.723. The van der Waals surface area contributed by atoms with Crippen LogP contribution < -0.4 is 5.56 Å². The third kappa shape index (κ3) is 3.57. The zero-order chi connectivity index (χ0) is 16.9. The molecule has 24 heavy (non-hydrogen) atoms. The van der Waals surface area contributed by atoms with Crippen LogP contribution in [0.15, 0.2) is 47.4 Å². The molecule has 2 aromatic heterocycles. The Bertz CT molecular complexity index is 928. The van der Waals surface area contributed by atoms with Crippen molar-refractivity contribution in [2.75, 3.05) is 6.61 Å². The topological polar surface area (TPSA) is 105 Å². The number of ether oxygens (including phenoxy) is 1. The number of benzene rings is 1. The molecule has 122 valence electrons. The van der Waals surface area contributed by atoms with E-state index < -0.39 is 5.97 Å². The van der Waals surface area contributed by atoms with Crippen molar-refractivity contribution in [1.29, 1.82) is 0 Å². The Hall–Kier alpha value is -3.22. The quantitative estimate of drug-likeness (QED) is 0.529. The van der Waals surface area contributed by atoms with Crippen LogP contribution >= 0.6 is 0 Å². The van der Waals surface area contributed by atoms with Gasteiger partial charge in [-0.3, -0.25) is 14.4 Å². The molecule has 2 N–H and O–H groups in total. The van der Waals surface area contributed by atoms with Crippen LogP contribution in [0.3, 0.4) is 0 Å². The number of rotatable bonds is 6. The van der Waals surface area contributed by atoms with Crippen LogP contribution in [0.2, 0.25) is 0 Å². The summed E-state index contributed by atoms with van der Waals surface area (Å²) in [6.07, 6.45) is 1.88. The number of hydrogen-bond donors (Lipinski definition) is 2. The maximum Gasteiger partial charge on any atom is 0.306 e. The Labute approximate surface area is 136 Å². The molecule has 0 aliphatic heterocycles. The Balaban J connectivity index is 1.56. The SMILES string of the molecule is O=C(CCc1nc2ccccc2c(=O)[nH]1)OCC(=O)c1ccc[nH]1. The van der Waals surface area contributed by atoms with Crippen LogP contribution in [0.4, 0.5) is 0 Å². The molecule has 3 aromatic rings. The maximum absolute atomic E-state index is 11.9. The number of aromatic nitrogens is 3. The highest BCUT2D eigenvalue weighted by Crippen LogP contribution is 2.07. The molecule has 2 heterocycles. The molecule has 0 bridgehead atoms. The minimum Gasteiger partial charge on any atom is -0.457 e. The molecule has 0 saturated carbocycles. The summed E-state index contributed by atoms with van der Waals surface area (Å²) >= 11 is 0. The van der Waals surface area contributed by atoms with E-state index in [9.17, 15) is 14.4 Å². The molecule has 0 fully saturated rings. The predicted molar refractivity (Wildman–Crippen MR) is 86.8 cm³/mol. The summed E-state index contributed by atoms with van der Waals surface area (Å²) in [7, 11) is 0. The van der Waals surface area contributed by atoms with Crippen molar-refractivity contribution in [2.45, 2.75) is 12.8 Å². The van der Waals surface area contributed by atoms with Crippen molar-refractivity contribution in [3.63, 3.8) is 0 Å². The van der Waals surface area contributed by atoms with E-state index in [4.69, 9.17) is 4.74 Å². The molecule has 7 nitrogen and oxygen atoms in total. The lowest BCUT2D eigenvalue weighted by Gasteiger charge is -2.04.